The molecule has 5 rings (SSSR count). The summed E-state index contributed by atoms with van der Waals surface area (Å²) in [6, 6.07) is 12.6. The van der Waals surface area contributed by atoms with Crippen LogP contribution in [0.15, 0.2) is 48.7 Å². The van der Waals surface area contributed by atoms with E-state index in [1.54, 1.807) is 17.0 Å². The number of benzene rings is 2. The van der Waals surface area contributed by atoms with Crippen molar-refractivity contribution >= 4 is 28.5 Å². The number of hydrogen-bond acceptors (Lipinski definition) is 3. The number of likely N-dealkylation sites (tertiary alicyclic amines) is 1. The van der Waals surface area contributed by atoms with E-state index in [9.17, 15) is 9.18 Å². The smallest absolute Gasteiger partial charge is 0.320 e. The molecule has 2 fully saturated rings. The molecule has 2 aromatic carbocycles. The zero-order valence-corrected chi connectivity index (χ0v) is 19.9. The molecule has 0 unspecified atom stereocenters. The van der Waals surface area contributed by atoms with Crippen LogP contribution in [-0.4, -0.2) is 82.8 Å². The number of aromatic nitrogens is 1. The summed E-state index contributed by atoms with van der Waals surface area (Å²) in [4.78, 5) is 18.4. The number of nitrogens with zero attached hydrogens (tertiary/aromatic N) is 4. The molecule has 34 heavy (non-hydrogen) atoms. The molecule has 2 amide bonds. The van der Waals surface area contributed by atoms with Crippen molar-refractivity contribution in [2.45, 2.75) is 18.8 Å². The summed E-state index contributed by atoms with van der Waals surface area (Å²) in [7, 11) is 0. The van der Waals surface area contributed by atoms with Gasteiger partial charge >= 0.3 is 6.03 Å². The van der Waals surface area contributed by atoms with Crippen LogP contribution >= 0.6 is 11.6 Å². The quantitative estimate of drug-likeness (QED) is 0.543. The second-order valence-corrected chi connectivity index (χ2v) is 9.62. The molecular formula is C26H30ClFN4O2. The minimum atomic E-state index is -0.248. The molecule has 0 atom stereocenters. The van der Waals surface area contributed by atoms with Crippen LogP contribution in [0.4, 0.5) is 9.18 Å². The highest BCUT2D eigenvalue weighted by Gasteiger charge is 2.29. The van der Waals surface area contributed by atoms with Gasteiger partial charge < -0.3 is 24.4 Å². The Hall–Kier alpha value is -2.61. The number of aliphatic hydroxyl groups excluding tert-OH is 1. The van der Waals surface area contributed by atoms with Gasteiger partial charge in [-0.3, -0.25) is 0 Å². The van der Waals surface area contributed by atoms with Crippen molar-refractivity contribution in [1.29, 1.82) is 0 Å². The van der Waals surface area contributed by atoms with Crippen molar-refractivity contribution in [3.8, 4) is 5.69 Å². The minimum absolute atomic E-state index is 0.0108. The lowest BCUT2D eigenvalue weighted by atomic mass is 9.89. The number of aliphatic hydroxyl groups is 1. The Morgan fingerprint density at radius 3 is 2.35 bits per heavy atom. The summed E-state index contributed by atoms with van der Waals surface area (Å²) in [5.41, 5.74) is 3.27. The van der Waals surface area contributed by atoms with Crippen LogP contribution in [-0.2, 0) is 0 Å². The summed E-state index contributed by atoms with van der Waals surface area (Å²) >= 11 is 6.32. The standard InChI is InChI=1S/C26H30ClFN4O2/c27-20-1-6-23-24(18-32(25(23)17-20)22-4-2-21(28)3-5-22)19-7-9-29(10-8-19)11-12-30-13-14-31(15-16-33)26(30)34/h1-6,17-19,33H,7-16H2. The number of urea groups is 1. The third-order valence-electron chi connectivity index (χ3n) is 7.17. The van der Waals surface area contributed by atoms with Crippen molar-refractivity contribution in [2.75, 3.05) is 52.4 Å². The van der Waals surface area contributed by atoms with Crippen molar-refractivity contribution < 1.29 is 14.3 Å². The molecule has 3 aromatic rings. The van der Waals surface area contributed by atoms with Crippen LogP contribution in [0, 0.1) is 5.82 Å². The number of halogens is 2. The molecule has 0 saturated carbocycles. The molecule has 180 valence electrons. The number of β-amino-alcohol motifs (C(OH)–C–C–N with tert-alkyl or cyclic N) is 1. The van der Waals surface area contributed by atoms with Gasteiger partial charge in [0, 0.05) is 55.0 Å². The third kappa shape index (κ3) is 4.65. The molecule has 2 aliphatic rings. The van der Waals surface area contributed by atoms with E-state index in [0.29, 0.717) is 24.0 Å². The fraction of sp³-hybridized carbons (Fsp3) is 0.423. The molecule has 0 bridgehead atoms. The Kier molecular flexibility index (Phi) is 6.77. The van der Waals surface area contributed by atoms with Gasteiger partial charge in [0.2, 0.25) is 0 Å². The number of rotatable bonds is 7. The van der Waals surface area contributed by atoms with Crippen molar-refractivity contribution in [1.82, 2.24) is 19.3 Å². The van der Waals surface area contributed by atoms with Crippen LogP contribution in [0.5, 0.6) is 0 Å². The van der Waals surface area contributed by atoms with Crippen molar-refractivity contribution in [3.63, 3.8) is 0 Å². The highest BCUT2D eigenvalue weighted by molar-refractivity contribution is 6.31. The van der Waals surface area contributed by atoms with Crippen LogP contribution < -0.4 is 0 Å². The van der Waals surface area contributed by atoms with Gasteiger partial charge in [0.1, 0.15) is 5.82 Å². The van der Waals surface area contributed by atoms with Crippen molar-refractivity contribution in [2.24, 2.45) is 0 Å². The first-order valence-electron chi connectivity index (χ1n) is 12.0. The normalized spacial score (nSPS) is 17.9. The number of carbonyl (C=O) groups excluding carboxylic acids is 1. The first-order valence-corrected chi connectivity index (χ1v) is 12.3. The van der Waals surface area contributed by atoms with Gasteiger partial charge in [-0.25, -0.2) is 9.18 Å². The van der Waals surface area contributed by atoms with E-state index in [1.807, 2.05) is 17.0 Å². The van der Waals surface area contributed by atoms with E-state index in [0.717, 1.165) is 56.8 Å². The molecule has 1 aromatic heterocycles. The van der Waals surface area contributed by atoms with Gasteiger partial charge in [0.25, 0.3) is 0 Å². The van der Waals surface area contributed by atoms with Gasteiger partial charge in [-0.2, -0.15) is 0 Å². The van der Waals surface area contributed by atoms with Crippen molar-refractivity contribution in [3.05, 3.63) is 65.1 Å². The molecule has 6 nitrogen and oxygen atoms in total. The zero-order valence-electron chi connectivity index (χ0n) is 19.2. The van der Waals surface area contributed by atoms with E-state index in [2.05, 4.69) is 21.7 Å². The predicted molar refractivity (Wildman–Crippen MR) is 132 cm³/mol. The first-order chi connectivity index (χ1) is 16.5. The highest BCUT2D eigenvalue weighted by Crippen LogP contribution is 2.36. The minimum Gasteiger partial charge on any atom is -0.395 e. The largest absolute Gasteiger partial charge is 0.395 e. The monoisotopic (exact) mass is 484 g/mol. The fourth-order valence-corrected chi connectivity index (χ4v) is 5.43. The Morgan fingerprint density at radius 1 is 0.941 bits per heavy atom. The van der Waals surface area contributed by atoms with E-state index < -0.39 is 0 Å². The van der Waals surface area contributed by atoms with E-state index in [-0.39, 0.29) is 18.5 Å². The molecule has 0 spiro atoms. The van der Waals surface area contributed by atoms with E-state index in [1.165, 1.54) is 23.1 Å². The molecule has 0 aliphatic carbocycles. The lowest BCUT2D eigenvalue weighted by Crippen LogP contribution is -2.41. The summed E-state index contributed by atoms with van der Waals surface area (Å²) in [6.07, 6.45) is 4.29. The van der Waals surface area contributed by atoms with Gasteiger partial charge in [-0.1, -0.05) is 17.7 Å². The topological polar surface area (TPSA) is 52.0 Å². The van der Waals surface area contributed by atoms with Crippen LogP contribution in [0.1, 0.15) is 24.3 Å². The van der Waals surface area contributed by atoms with E-state index in [4.69, 9.17) is 16.7 Å². The number of carbonyl (C=O) groups is 1. The maximum atomic E-state index is 13.5. The lowest BCUT2D eigenvalue weighted by Gasteiger charge is -2.33. The Labute approximate surface area is 204 Å². The average molecular weight is 485 g/mol. The van der Waals surface area contributed by atoms with Gasteiger partial charge in [0.15, 0.2) is 0 Å². The third-order valence-corrected chi connectivity index (χ3v) is 7.40. The Bertz CT molecular complexity index is 1160. The molecule has 3 heterocycles. The van der Waals surface area contributed by atoms with Gasteiger partial charge in [-0.05, 0) is 73.8 Å². The van der Waals surface area contributed by atoms with Gasteiger partial charge in [-0.15, -0.1) is 0 Å². The van der Waals surface area contributed by atoms with E-state index >= 15 is 0 Å². The second kappa shape index (κ2) is 9.94. The maximum Gasteiger partial charge on any atom is 0.320 e. The predicted octanol–water partition coefficient (Wildman–Crippen LogP) is 4.33. The highest BCUT2D eigenvalue weighted by atomic mass is 35.5. The lowest BCUT2D eigenvalue weighted by molar-refractivity contribution is 0.164. The summed E-state index contributed by atoms with van der Waals surface area (Å²) in [5.74, 6) is 0.192. The number of amides is 2. The summed E-state index contributed by atoms with van der Waals surface area (Å²) < 4.78 is 15.6. The van der Waals surface area contributed by atoms with Gasteiger partial charge in [0.05, 0.1) is 12.1 Å². The summed E-state index contributed by atoms with van der Waals surface area (Å²) in [5, 5.41) is 11.0. The summed E-state index contributed by atoms with van der Waals surface area (Å²) in [6.45, 7) is 5.44. The first kappa shape index (κ1) is 23.1. The second-order valence-electron chi connectivity index (χ2n) is 9.19. The average Bonchev–Trinajstić information content (AvgIpc) is 3.39. The Morgan fingerprint density at radius 2 is 1.65 bits per heavy atom. The SMILES string of the molecule is O=C1N(CCO)CCN1CCN1CCC(c2cn(-c3ccc(F)cc3)c3cc(Cl)ccc23)CC1. The number of hydrogen-bond donors (Lipinski definition) is 1. The Balaban J connectivity index is 1.26. The van der Waals surface area contributed by atoms with Crippen LogP contribution in [0.2, 0.25) is 5.02 Å². The zero-order chi connectivity index (χ0) is 23.7. The molecule has 2 aliphatic heterocycles. The number of fused-ring (bicyclic) bond motifs is 1. The molecule has 8 heteroatoms. The van der Waals surface area contributed by atoms with Crippen LogP contribution in [0.3, 0.4) is 0 Å². The molecular weight excluding hydrogens is 455 g/mol. The number of piperidine rings is 1. The fourth-order valence-electron chi connectivity index (χ4n) is 5.27. The molecule has 1 N–H and O–H groups in total. The molecule has 2 saturated heterocycles. The molecule has 0 radical (unpaired) electrons. The maximum absolute atomic E-state index is 13.5. The van der Waals surface area contributed by atoms with Crippen LogP contribution in [0.25, 0.3) is 16.6 Å².